The van der Waals surface area contributed by atoms with Crippen molar-refractivity contribution >= 4 is 22.6 Å². The van der Waals surface area contributed by atoms with E-state index in [0.29, 0.717) is 39.5 Å². The molecular weight excluding hydrogens is 429 g/mol. The Kier molecular flexibility index (Phi) is 4.33. The van der Waals surface area contributed by atoms with E-state index in [1.807, 2.05) is 0 Å². The van der Waals surface area contributed by atoms with E-state index in [1.165, 1.54) is 24.3 Å². The van der Waals surface area contributed by atoms with Crippen molar-refractivity contribution in [1.82, 2.24) is 0 Å². The fourth-order valence-corrected chi connectivity index (χ4v) is 4.28. The van der Waals surface area contributed by atoms with E-state index in [4.69, 9.17) is 18.6 Å². The first-order valence-electron chi connectivity index (χ1n) is 10.3. The molecule has 4 aromatic rings. The average molecular weight is 445 g/mol. The SMILES string of the molecule is O=C(Nc1ccc(F)cc1)[C@@H]1Oc2c(c(=O)oc3ccccc23)[C@@H]1c1ccc2c(c1)OCO2. The van der Waals surface area contributed by atoms with E-state index in [9.17, 15) is 14.0 Å². The first-order chi connectivity index (χ1) is 16.1. The van der Waals surface area contributed by atoms with Crippen LogP contribution in [0.15, 0.2) is 75.9 Å². The van der Waals surface area contributed by atoms with Crippen molar-refractivity contribution in [3.05, 3.63) is 94.1 Å². The number of fused-ring (bicyclic) bond motifs is 4. The second kappa shape index (κ2) is 7.37. The molecule has 7 nitrogen and oxygen atoms in total. The smallest absolute Gasteiger partial charge is 0.344 e. The van der Waals surface area contributed by atoms with Gasteiger partial charge in [0, 0.05) is 5.69 Å². The van der Waals surface area contributed by atoms with Crippen LogP contribution in [0.25, 0.3) is 11.0 Å². The van der Waals surface area contributed by atoms with Gasteiger partial charge in [-0.05, 0) is 54.1 Å². The van der Waals surface area contributed by atoms with E-state index in [-0.39, 0.29) is 12.4 Å². The fourth-order valence-electron chi connectivity index (χ4n) is 4.28. The second-order valence-corrected chi connectivity index (χ2v) is 7.75. The summed E-state index contributed by atoms with van der Waals surface area (Å²) in [6, 6.07) is 17.6. The van der Waals surface area contributed by atoms with E-state index in [1.54, 1.807) is 42.5 Å². The molecule has 8 heteroatoms. The Bertz CT molecular complexity index is 1460. The molecule has 164 valence electrons. The molecule has 0 spiro atoms. The first kappa shape index (κ1) is 19.4. The van der Waals surface area contributed by atoms with Crippen LogP contribution in [0.2, 0.25) is 0 Å². The minimum Gasteiger partial charge on any atom is -0.478 e. The number of benzene rings is 3. The lowest BCUT2D eigenvalue weighted by Gasteiger charge is -2.19. The molecule has 0 bridgehead atoms. The third-order valence-electron chi connectivity index (χ3n) is 5.78. The monoisotopic (exact) mass is 445 g/mol. The van der Waals surface area contributed by atoms with Crippen LogP contribution in [0.3, 0.4) is 0 Å². The van der Waals surface area contributed by atoms with Gasteiger partial charge < -0.3 is 23.9 Å². The standard InChI is InChI=1S/C25H16FNO6/c26-14-6-8-15(9-7-14)27-24(28)23-20(13-5-10-18-19(11-13)31-12-30-18)21-22(33-23)16-3-1-2-4-17(16)32-25(21)29/h1-11,20,23H,12H2,(H,27,28)/t20-,23+/m0/s1. The van der Waals surface area contributed by atoms with Gasteiger partial charge in [0.2, 0.25) is 6.79 Å². The predicted molar refractivity (Wildman–Crippen MR) is 116 cm³/mol. The van der Waals surface area contributed by atoms with Gasteiger partial charge in [0.15, 0.2) is 17.6 Å². The molecule has 6 rings (SSSR count). The van der Waals surface area contributed by atoms with Crippen LogP contribution in [-0.2, 0) is 4.79 Å². The molecule has 3 aromatic carbocycles. The van der Waals surface area contributed by atoms with Gasteiger partial charge in [0.05, 0.1) is 16.9 Å². The lowest BCUT2D eigenvalue weighted by Crippen LogP contribution is -2.35. The lowest BCUT2D eigenvalue weighted by atomic mass is 9.88. The first-order valence-corrected chi connectivity index (χ1v) is 10.3. The minimum absolute atomic E-state index is 0.0950. The summed E-state index contributed by atoms with van der Waals surface area (Å²) >= 11 is 0. The number of halogens is 1. The number of hydrogen-bond acceptors (Lipinski definition) is 6. The lowest BCUT2D eigenvalue weighted by molar-refractivity contribution is -0.122. The number of amides is 1. The van der Waals surface area contributed by atoms with Crippen molar-refractivity contribution in [2.75, 3.05) is 12.1 Å². The highest BCUT2D eigenvalue weighted by Crippen LogP contribution is 2.46. The van der Waals surface area contributed by atoms with Crippen LogP contribution in [0.1, 0.15) is 17.0 Å². The molecule has 1 N–H and O–H groups in total. The van der Waals surface area contributed by atoms with Crippen LogP contribution in [0.4, 0.5) is 10.1 Å². The Labute approximate surface area is 186 Å². The molecule has 0 fully saturated rings. The Morgan fingerprint density at radius 1 is 0.970 bits per heavy atom. The Morgan fingerprint density at radius 2 is 1.76 bits per heavy atom. The van der Waals surface area contributed by atoms with Crippen LogP contribution >= 0.6 is 0 Å². The van der Waals surface area contributed by atoms with Gasteiger partial charge >= 0.3 is 5.63 Å². The molecule has 0 aliphatic carbocycles. The van der Waals surface area contributed by atoms with Crippen molar-refractivity contribution in [3.63, 3.8) is 0 Å². The van der Waals surface area contributed by atoms with Gasteiger partial charge in [-0.15, -0.1) is 0 Å². The quantitative estimate of drug-likeness (QED) is 0.476. The zero-order chi connectivity index (χ0) is 22.5. The molecule has 2 aliphatic heterocycles. The highest BCUT2D eigenvalue weighted by Gasteiger charge is 2.44. The third-order valence-corrected chi connectivity index (χ3v) is 5.78. The summed E-state index contributed by atoms with van der Waals surface area (Å²) in [5.74, 6) is -0.247. The van der Waals surface area contributed by atoms with Gasteiger partial charge in [0.25, 0.3) is 5.91 Å². The summed E-state index contributed by atoms with van der Waals surface area (Å²) < 4.78 is 35.8. The zero-order valence-electron chi connectivity index (χ0n) is 17.0. The molecular formula is C25H16FNO6. The van der Waals surface area contributed by atoms with Crippen molar-refractivity contribution in [2.24, 2.45) is 0 Å². The maximum atomic E-state index is 13.3. The second-order valence-electron chi connectivity index (χ2n) is 7.75. The van der Waals surface area contributed by atoms with Crippen molar-refractivity contribution in [3.8, 4) is 17.2 Å². The number of carbonyl (C=O) groups is 1. The number of rotatable bonds is 3. The van der Waals surface area contributed by atoms with E-state index >= 15 is 0 Å². The van der Waals surface area contributed by atoms with E-state index in [2.05, 4.69) is 5.32 Å². The van der Waals surface area contributed by atoms with Crippen LogP contribution in [0.5, 0.6) is 17.2 Å². The third kappa shape index (κ3) is 3.18. The molecule has 2 atom stereocenters. The largest absolute Gasteiger partial charge is 0.478 e. The van der Waals surface area contributed by atoms with E-state index in [0.717, 1.165) is 0 Å². The van der Waals surface area contributed by atoms with Gasteiger partial charge in [-0.3, -0.25) is 4.79 Å². The number of anilines is 1. The molecule has 0 radical (unpaired) electrons. The maximum Gasteiger partial charge on any atom is 0.344 e. The minimum atomic E-state index is -1.07. The highest BCUT2D eigenvalue weighted by molar-refractivity contribution is 5.97. The molecule has 33 heavy (non-hydrogen) atoms. The van der Waals surface area contributed by atoms with Gasteiger partial charge in [-0.1, -0.05) is 18.2 Å². The fraction of sp³-hybridized carbons (Fsp3) is 0.120. The van der Waals surface area contributed by atoms with Crippen LogP contribution < -0.4 is 25.2 Å². The number of carbonyl (C=O) groups excluding carboxylic acids is 1. The number of para-hydroxylation sites is 1. The molecule has 0 saturated heterocycles. The van der Waals surface area contributed by atoms with Gasteiger partial charge in [-0.25, -0.2) is 9.18 Å². The highest BCUT2D eigenvalue weighted by atomic mass is 19.1. The topological polar surface area (TPSA) is 87.0 Å². The number of nitrogens with one attached hydrogen (secondary N) is 1. The zero-order valence-corrected chi connectivity index (χ0v) is 17.0. The van der Waals surface area contributed by atoms with Crippen molar-refractivity contribution in [2.45, 2.75) is 12.0 Å². The summed E-state index contributed by atoms with van der Waals surface area (Å²) in [7, 11) is 0. The molecule has 2 aliphatic rings. The van der Waals surface area contributed by atoms with Crippen LogP contribution in [0, 0.1) is 5.82 Å². The normalized spacial score (nSPS) is 18.1. The molecule has 1 aromatic heterocycles. The summed E-state index contributed by atoms with van der Waals surface area (Å²) in [6.07, 6.45) is -1.07. The number of hydrogen-bond donors (Lipinski definition) is 1. The molecule has 3 heterocycles. The molecule has 0 saturated carbocycles. The van der Waals surface area contributed by atoms with Crippen molar-refractivity contribution < 1.29 is 27.8 Å². The van der Waals surface area contributed by atoms with Crippen molar-refractivity contribution in [1.29, 1.82) is 0 Å². The van der Waals surface area contributed by atoms with Crippen LogP contribution in [-0.4, -0.2) is 18.8 Å². The Morgan fingerprint density at radius 3 is 2.61 bits per heavy atom. The average Bonchev–Trinajstić information content (AvgIpc) is 3.45. The van der Waals surface area contributed by atoms with Gasteiger partial charge in [0.1, 0.15) is 17.1 Å². The molecule has 1 amide bonds. The number of ether oxygens (including phenoxy) is 3. The summed E-state index contributed by atoms with van der Waals surface area (Å²) in [5, 5.41) is 3.34. The van der Waals surface area contributed by atoms with Gasteiger partial charge in [-0.2, -0.15) is 0 Å². The predicted octanol–water partition coefficient (Wildman–Crippen LogP) is 4.19. The van der Waals surface area contributed by atoms with E-state index < -0.39 is 29.4 Å². The summed E-state index contributed by atoms with van der Waals surface area (Å²) in [5.41, 5.74) is 1.09. The summed E-state index contributed by atoms with van der Waals surface area (Å²) in [6.45, 7) is 0.0950. The Balaban J connectivity index is 1.48. The molecule has 0 unspecified atom stereocenters. The Hall–Kier alpha value is -4.33. The summed E-state index contributed by atoms with van der Waals surface area (Å²) in [4.78, 5) is 26.3. The maximum absolute atomic E-state index is 13.3.